The summed E-state index contributed by atoms with van der Waals surface area (Å²) in [7, 11) is -3.21. The Bertz CT molecular complexity index is 433. The number of hydrogen-bond donors (Lipinski definition) is 1. The van der Waals surface area contributed by atoms with Gasteiger partial charge in [0, 0.05) is 8.59 Å². The minimum atomic E-state index is -3.21. The highest BCUT2D eigenvalue weighted by Crippen LogP contribution is 2.23. The maximum absolute atomic E-state index is 11.3. The van der Waals surface area contributed by atoms with E-state index in [0.717, 1.165) is 3.57 Å². The summed E-state index contributed by atoms with van der Waals surface area (Å²) in [5.74, 6) is 0.0612. The van der Waals surface area contributed by atoms with E-state index in [1.54, 1.807) is 25.1 Å². The molecule has 3 nitrogen and oxygen atoms in total. The van der Waals surface area contributed by atoms with Gasteiger partial charge in [-0.3, -0.25) is 4.72 Å². The van der Waals surface area contributed by atoms with E-state index in [4.69, 9.17) is 11.6 Å². The molecule has 0 spiro atoms. The van der Waals surface area contributed by atoms with Gasteiger partial charge in [0.05, 0.1) is 11.4 Å². The molecule has 14 heavy (non-hydrogen) atoms. The van der Waals surface area contributed by atoms with Crippen LogP contribution in [0.2, 0.25) is 5.02 Å². The van der Waals surface area contributed by atoms with Crippen LogP contribution in [-0.4, -0.2) is 14.2 Å². The molecule has 0 aromatic heterocycles. The van der Waals surface area contributed by atoms with E-state index in [9.17, 15) is 8.42 Å². The highest BCUT2D eigenvalue weighted by Gasteiger charge is 2.09. The minimum Gasteiger partial charge on any atom is -0.282 e. The molecule has 0 aliphatic carbocycles. The lowest BCUT2D eigenvalue weighted by Crippen LogP contribution is -2.15. The van der Waals surface area contributed by atoms with E-state index < -0.39 is 10.0 Å². The number of benzene rings is 1. The molecular formula is C8H9ClINO2S. The zero-order valence-electron chi connectivity index (χ0n) is 7.42. The SMILES string of the molecule is CCS(=O)(=O)Nc1ccc(Cl)cc1I. The number of rotatable bonds is 3. The van der Waals surface area contributed by atoms with Gasteiger partial charge in [0.1, 0.15) is 0 Å². The van der Waals surface area contributed by atoms with Crippen LogP contribution in [-0.2, 0) is 10.0 Å². The molecule has 1 N–H and O–H groups in total. The lowest BCUT2D eigenvalue weighted by molar-refractivity contribution is 0.602. The van der Waals surface area contributed by atoms with Gasteiger partial charge in [0.25, 0.3) is 0 Å². The van der Waals surface area contributed by atoms with E-state index in [2.05, 4.69) is 4.72 Å². The zero-order chi connectivity index (χ0) is 10.8. The summed E-state index contributed by atoms with van der Waals surface area (Å²) in [6.07, 6.45) is 0. The van der Waals surface area contributed by atoms with E-state index in [1.165, 1.54) is 0 Å². The molecule has 0 fully saturated rings. The van der Waals surface area contributed by atoms with Gasteiger partial charge in [0.15, 0.2) is 0 Å². The normalized spacial score (nSPS) is 11.4. The molecule has 0 saturated carbocycles. The molecule has 1 aromatic carbocycles. The van der Waals surface area contributed by atoms with Crippen LogP contribution in [0.25, 0.3) is 0 Å². The third-order valence-electron chi connectivity index (χ3n) is 1.58. The Morgan fingerprint density at radius 2 is 2.14 bits per heavy atom. The van der Waals surface area contributed by atoms with Crippen molar-refractivity contribution >= 4 is 49.9 Å². The first kappa shape index (κ1) is 12.1. The summed E-state index contributed by atoms with van der Waals surface area (Å²) in [5, 5.41) is 0.592. The fourth-order valence-electron chi connectivity index (χ4n) is 0.812. The molecular weight excluding hydrogens is 337 g/mol. The Morgan fingerprint density at radius 3 is 2.64 bits per heavy atom. The summed E-state index contributed by atoms with van der Waals surface area (Å²) >= 11 is 7.77. The molecule has 78 valence electrons. The van der Waals surface area contributed by atoms with Crippen molar-refractivity contribution in [1.82, 2.24) is 0 Å². The molecule has 0 radical (unpaired) electrons. The van der Waals surface area contributed by atoms with Gasteiger partial charge in [-0.2, -0.15) is 0 Å². The fraction of sp³-hybridized carbons (Fsp3) is 0.250. The van der Waals surface area contributed by atoms with Gasteiger partial charge in [0.2, 0.25) is 10.0 Å². The topological polar surface area (TPSA) is 46.2 Å². The standard InChI is InChI=1S/C8H9ClINO2S/c1-2-14(12,13)11-8-4-3-6(9)5-7(8)10/h3-5,11H,2H2,1H3. The summed E-state index contributed by atoms with van der Waals surface area (Å²) in [6.45, 7) is 1.59. The second kappa shape index (κ2) is 4.67. The largest absolute Gasteiger partial charge is 0.282 e. The van der Waals surface area contributed by atoms with Crippen molar-refractivity contribution in [2.75, 3.05) is 10.5 Å². The third kappa shape index (κ3) is 3.29. The monoisotopic (exact) mass is 345 g/mol. The molecule has 0 atom stereocenters. The summed E-state index contributed by atoms with van der Waals surface area (Å²) in [6, 6.07) is 5.00. The lowest BCUT2D eigenvalue weighted by atomic mass is 10.3. The average molecular weight is 346 g/mol. The fourth-order valence-corrected chi connectivity index (χ4v) is 2.66. The molecule has 0 aliphatic rings. The highest BCUT2D eigenvalue weighted by molar-refractivity contribution is 14.1. The van der Waals surface area contributed by atoms with Gasteiger partial charge in [-0.05, 0) is 47.7 Å². The second-order valence-corrected chi connectivity index (χ2v) is 6.24. The summed E-state index contributed by atoms with van der Waals surface area (Å²) in [5.41, 5.74) is 0.567. The number of hydrogen-bond acceptors (Lipinski definition) is 2. The molecule has 0 bridgehead atoms. The number of sulfonamides is 1. The smallest absolute Gasteiger partial charge is 0.232 e. The molecule has 1 aromatic rings. The maximum atomic E-state index is 11.3. The molecule has 0 aliphatic heterocycles. The van der Waals surface area contributed by atoms with Gasteiger partial charge < -0.3 is 0 Å². The first-order chi connectivity index (χ1) is 6.44. The Kier molecular flexibility index (Phi) is 4.03. The molecule has 0 unspecified atom stereocenters. The quantitative estimate of drug-likeness (QED) is 0.856. The van der Waals surface area contributed by atoms with Crippen LogP contribution >= 0.6 is 34.2 Å². The van der Waals surface area contributed by atoms with Crippen LogP contribution < -0.4 is 4.72 Å². The first-order valence-electron chi connectivity index (χ1n) is 3.90. The van der Waals surface area contributed by atoms with Crippen molar-refractivity contribution in [3.05, 3.63) is 26.8 Å². The average Bonchev–Trinajstić information content (AvgIpc) is 2.10. The van der Waals surface area contributed by atoms with E-state index in [0.29, 0.717) is 10.7 Å². The molecule has 1 rings (SSSR count). The van der Waals surface area contributed by atoms with Crippen molar-refractivity contribution < 1.29 is 8.42 Å². The molecule has 0 amide bonds. The Morgan fingerprint density at radius 1 is 1.50 bits per heavy atom. The van der Waals surface area contributed by atoms with E-state index >= 15 is 0 Å². The number of anilines is 1. The van der Waals surface area contributed by atoms with Gasteiger partial charge in [-0.1, -0.05) is 11.6 Å². The van der Waals surface area contributed by atoms with Crippen molar-refractivity contribution in [3.8, 4) is 0 Å². The van der Waals surface area contributed by atoms with E-state index in [1.807, 2.05) is 22.6 Å². The second-order valence-electron chi connectivity index (χ2n) is 2.63. The minimum absolute atomic E-state index is 0.0612. The Hall–Kier alpha value is -0.0100. The van der Waals surface area contributed by atoms with Crippen LogP contribution in [0.1, 0.15) is 6.92 Å². The zero-order valence-corrected chi connectivity index (χ0v) is 11.1. The first-order valence-corrected chi connectivity index (χ1v) is 7.01. The van der Waals surface area contributed by atoms with E-state index in [-0.39, 0.29) is 5.75 Å². The Balaban J connectivity index is 2.99. The van der Waals surface area contributed by atoms with Crippen LogP contribution in [0, 0.1) is 3.57 Å². The van der Waals surface area contributed by atoms with Crippen molar-refractivity contribution in [1.29, 1.82) is 0 Å². The van der Waals surface area contributed by atoms with Crippen LogP contribution in [0.5, 0.6) is 0 Å². The molecule has 0 saturated heterocycles. The van der Waals surface area contributed by atoms with Crippen LogP contribution in [0.15, 0.2) is 18.2 Å². The molecule has 6 heteroatoms. The predicted octanol–water partition coefficient (Wildman–Crippen LogP) is 2.71. The number of nitrogens with one attached hydrogen (secondary N) is 1. The van der Waals surface area contributed by atoms with Crippen LogP contribution in [0.3, 0.4) is 0 Å². The molecule has 0 heterocycles. The van der Waals surface area contributed by atoms with Crippen LogP contribution in [0.4, 0.5) is 5.69 Å². The van der Waals surface area contributed by atoms with Crippen molar-refractivity contribution in [2.24, 2.45) is 0 Å². The predicted molar refractivity (Wildman–Crippen MR) is 67.3 cm³/mol. The Labute approximate surface area is 102 Å². The summed E-state index contributed by atoms with van der Waals surface area (Å²) in [4.78, 5) is 0. The third-order valence-corrected chi connectivity index (χ3v) is 4.00. The van der Waals surface area contributed by atoms with Gasteiger partial charge >= 0.3 is 0 Å². The summed E-state index contributed by atoms with van der Waals surface area (Å²) < 4.78 is 25.8. The highest BCUT2D eigenvalue weighted by atomic mass is 127. The maximum Gasteiger partial charge on any atom is 0.232 e. The lowest BCUT2D eigenvalue weighted by Gasteiger charge is -2.07. The van der Waals surface area contributed by atoms with Gasteiger partial charge in [-0.25, -0.2) is 8.42 Å². The van der Waals surface area contributed by atoms with Gasteiger partial charge in [-0.15, -0.1) is 0 Å². The van der Waals surface area contributed by atoms with Crippen molar-refractivity contribution in [2.45, 2.75) is 6.92 Å². The van der Waals surface area contributed by atoms with Crippen molar-refractivity contribution in [3.63, 3.8) is 0 Å². The number of halogens is 2.